The highest BCUT2D eigenvalue weighted by Gasteiger charge is 2.34. The zero-order valence-electron chi connectivity index (χ0n) is 14.7. The minimum atomic E-state index is -4.41. The fourth-order valence-electron chi connectivity index (χ4n) is 3.34. The summed E-state index contributed by atoms with van der Waals surface area (Å²) in [6.45, 7) is 0.474. The average molecular weight is 402 g/mol. The molecule has 3 nitrogen and oxygen atoms in total. The van der Waals surface area contributed by atoms with Gasteiger partial charge in [-0.05, 0) is 29.1 Å². The molecule has 1 aliphatic rings. The lowest BCUT2D eigenvalue weighted by Gasteiger charge is -2.25. The number of hydrogen-bond donors (Lipinski definition) is 1. The fourth-order valence-corrected chi connectivity index (χ4v) is 4.59. The summed E-state index contributed by atoms with van der Waals surface area (Å²) in [5.41, 5.74) is 0.458. The minimum absolute atomic E-state index is 0.316. The van der Waals surface area contributed by atoms with Crippen LogP contribution >= 0.6 is 11.8 Å². The minimum Gasteiger partial charge on any atom is -0.308 e. The summed E-state index contributed by atoms with van der Waals surface area (Å²) in [6.07, 6.45) is -4.41. The van der Waals surface area contributed by atoms with Gasteiger partial charge in [0.25, 0.3) is 0 Å². The topological polar surface area (TPSA) is 32.3 Å². The molecule has 7 heteroatoms. The second-order valence-corrected chi connectivity index (χ2v) is 7.68. The molecule has 0 radical (unpaired) electrons. The Morgan fingerprint density at radius 2 is 1.79 bits per heavy atom. The van der Waals surface area contributed by atoms with Crippen molar-refractivity contribution in [1.29, 1.82) is 0 Å². The standard InChI is InChI=1S/C21H17F3N2OS/c22-21(23,24)16-8-3-7-15(13-16)19-26(11-12-28-19)20(27)25-18-10-4-6-14-5-1-2-9-17(14)18/h1-10,13,19H,11-12H2,(H,25,27). The molecule has 3 aromatic carbocycles. The first-order chi connectivity index (χ1) is 13.4. The Labute approximate surface area is 164 Å². The molecule has 1 aliphatic heterocycles. The molecular weight excluding hydrogens is 385 g/mol. The van der Waals surface area contributed by atoms with Crippen molar-refractivity contribution in [2.24, 2.45) is 0 Å². The van der Waals surface area contributed by atoms with Gasteiger partial charge in [-0.2, -0.15) is 13.2 Å². The van der Waals surface area contributed by atoms with Gasteiger partial charge in [0.05, 0.1) is 11.3 Å². The number of nitrogens with zero attached hydrogens (tertiary/aromatic N) is 1. The number of rotatable bonds is 2. The number of nitrogens with one attached hydrogen (secondary N) is 1. The van der Waals surface area contributed by atoms with Gasteiger partial charge in [-0.1, -0.05) is 48.5 Å². The van der Waals surface area contributed by atoms with Gasteiger partial charge in [0.1, 0.15) is 5.37 Å². The molecule has 28 heavy (non-hydrogen) atoms. The summed E-state index contributed by atoms with van der Waals surface area (Å²) in [4.78, 5) is 14.5. The van der Waals surface area contributed by atoms with E-state index in [2.05, 4.69) is 5.32 Å². The third-order valence-corrected chi connectivity index (χ3v) is 5.94. The Kier molecular flexibility index (Phi) is 4.93. The molecular formula is C21H17F3N2OS. The van der Waals surface area contributed by atoms with E-state index in [9.17, 15) is 18.0 Å². The smallest absolute Gasteiger partial charge is 0.308 e. The SMILES string of the molecule is O=C(Nc1cccc2ccccc12)N1CCSC1c1cccc(C(F)(F)F)c1. The number of amides is 2. The molecule has 3 aromatic rings. The van der Waals surface area contributed by atoms with E-state index < -0.39 is 17.1 Å². The quantitative estimate of drug-likeness (QED) is 0.559. The van der Waals surface area contributed by atoms with E-state index in [0.717, 1.165) is 22.9 Å². The zero-order valence-corrected chi connectivity index (χ0v) is 15.6. The molecule has 1 saturated heterocycles. The summed E-state index contributed by atoms with van der Waals surface area (Å²) < 4.78 is 39.1. The Morgan fingerprint density at radius 3 is 2.61 bits per heavy atom. The summed E-state index contributed by atoms with van der Waals surface area (Å²) in [7, 11) is 0. The number of carbonyl (C=O) groups excluding carboxylic acids is 1. The molecule has 1 N–H and O–H groups in total. The van der Waals surface area contributed by atoms with Crippen LogP contribution in [0.1, 0.15) is 16.5 Å². The van der Waals surface area contributed by atoms with Crippen LogP contribution in [0.5, 0.6) is 0 Å². The van der Waals surface area contributed by atoms with Crippen LogP contribution in [0.4, 0.5) is 23.7 Å². The molecule has 0 bridgehead atoms. The number of alkyl halides is 3. The lowest BCUT2D eigenvalue weighted by atomic mass is 10.1. The Hall–Kier alpha value is -2.67. The first kappa shape index (κ1) is 18.7. The molecule has 4 rings (SSSR count). The van der Waals surface area contributed by atoms with Crippen LogP contribution in [0.25, 0.3) is 10.8 Å². The van der Waals surface area contributed by atoms with Crippen molar-refractivity contribution < 1.29 is 18.0 Å². The van der Waals surface area contributed by atoms with E-state index in [0.29, 0.717) is 23.5 Å². The highest BCUT2D eigenvalue weighted by molar-refractivity contribution is 7.99. The second kappa shape index (κ2) is 7.39. The molecule has 0 aliphatic carbocycles. The number of carbonyl (C=O) groups is 1. The van der Waals surface area contributed by atoms with E-state index in [1.54, 1.807) is 11.0 Å². The number of benzene rings is 3. The molecule has 1 atom stereocenters. The summed E-state index contributed by atoms with van der Waals surface area (Å²) in [6, 6.07) is 18.2. The van der Waals surface area contributed by atoms with E-state index in [1.165, 1.54) is 17.8 Å². The maximum atomic E-state index is 13.0. The third-order valence-electron chi connectivity index (χ3n) is 4.68. The molecule has 1 heterocycles. The van der Waals surface area contributed by atoms with Crippen LogP contribution in [-0.2, 0) is 6.18 Å². The number of thioether (sulfide) groups is 1. The zero-order chi connectivity index (χ0) is 19.7. The maximum absolute atomic E-state index is 13.0. The fraction of sp³-hybridized carbons (Fsp3) is 0.190. The normalized spacial score (nSPS) is 17.1. The number of hydrogen-bond acceptors (Lipinski definition) is 2. The summed E-state index contributed by atoms with van der Waals surface area (Å²) in [5.74, 6) is 0.671. The number of fused-ring (bicyclic) bond motifs is 1. The van der Waals surface area contributed by atoms with Crippen LogP contribution in [0.2, 0.25) is 0 Å². The van der Waals surface area contributed by atoms with Gasteiger partial charge >= 0.3 is 12.2 Å². The van der Waals surface area contributed by atoms with Gasteiger partial charge < -0.3 is 10.2 Å². The molecule has 1 unspecified atom stereocenters. The predicted molar refractivity (Wildman–Crippen MR) is 106 cm³/mol. The van der Waals surface area contributed by atoms with Crippen LogP contribution in [0.3, 0.4) is 0 Å². The number of halogens is 3. The van der Waals surface area contributed by atoms with E-state index in [1.807, 2.05) is 42.5 Å². The summed E-state index contributed by atoms with van der Waals surface area (Å²) in [5, 5.41) is 4.40. The van der Waals surface area contributed by atoms with Gasteiger partial charge in [0.2, 0.25) is 0 Å². The van der Waals surface area contributed by atoms with Gasteiger partial charge in [-0.25, -0.2) is 4.79 Å². The number of anilines is 1. The lowest BCUT2D eigenvalue weighted by Crippen LogP contribution is -2.34. The van der Waals surface area contributed by atoms with Crippen LogP contribution in [0, 0.1) is 0 Å². The first-order valence-electron chi connectivity index (χ1n) is 8.77. The van der Waals surface area contributed by atoms with Crippen molar-refractivity contribution in [2.45, 2.75) is 11.6 Å². The monoisotopic (exact) mass is 402 g/mol. The number of urea groups is 1. The highest BCUT2D eigenvalue weighted by Crippen LogP contribution is 2.40. The van der Waals surface area contributed by atoms with Gasteiger partial charge in [0, 0.05) is 17.7 Å². The highest BCUT2D eigenvalue weighted by atomic mass is 32.2. The van der Waals surface area contributed by atoms with Crippen LogP contribution in [0.15, 0.2) is 66.7 Å². The van der Waals surface area contributed by atoms with Gasteiger partial charge in [-0.15, -0.1) is 11.8 Å². The van der Waals surface area contributed by atoms with E-state index in [4.69, 9.17) is 0 Å². The van der Waals surface area contributed by atoms with Crippen molar-refractivity contribution in [3.63, 3.8) is 0 Å². The predicted octanol–water partition coefficient (Wildman–Crippen LogP) is 6.14. The van der Waals surface area contributed by atoms with Crippen molar-refractivity contribution in [2.75, 3.05) is 17.6 Å². The van der Waals surface area contributed by atoms with Crippen LogP contribution < -0.4 is 5.32 Å². The van der Waals surface area contributed by atoms with Crippen molar-refractivity contribution in [3.8, 4) is 0 Å². The largest absolute Gasteiger partial charge is 0.416 e. The molecule has 0 spiro atoms. The van der Waals surface area contributed by atoms with Gasteiger partial charge in [-0.3, -0.25) is 0 Å². The third kappa shape index (κ3) is 3.67. The molecule has 0 saturated carbocycles. The van der Waals surface area contributed by atoms with E-state index >= 15 is 0 Å². The summed E-state index contributed by atoms with van der Waals surface area (Å²) >= 11 is 1.46. The van der Waals surface area contributed by atoms with Crippen molar-refractivity contribution in [3.05, 3.63) is 77.9 Å². The Bertz CT molecular complexity index is 1020. The molecule has 2 amide bonds. The van der Waals surface area contributed by atoms with E-state index in [-0.39, 0.29) is 6.03 Å². The second-order valence-electron chi connectivity index (χ2n) is 6.50. The van der Waals surface area contributed by atoms with Crippen molar-refractivity contribution >= 4 is 34.3 Å². The molecule has 144 valence electrons. The van der Waals surface area contributed by atoms with Crippen molar-refractivity contribution in [1.82, 2.24) is 4.90 Å². The average Bonchev–Trinajstić information content (AvgIpc) is 3.18. The first-order valence-corrected chi connectivity index (χ1v) is 9.82. The Morgan fingerprint density at radius 1 is 1.04 bits per heavy atom. The van der Waals surface area contributed by atoms with Gasteiger partial charge in [0.15, 0.2) is 0 Å². The van der Waals surface area contributed by atoms with Crippen LogP contribution in [-0.4, -0.2) is 23.2 Å². The molecule has 1 fully saturated rings. The Balaban J connectivity index is 1.59. The lowest BCUT2D eigenvalue weighted by molar-refractivity contribution is -0.137. The maximum Gasteiger partial charge on any atom is 0.416 e. The molecule has 0 aromatic heterocycles.